The number of carbonyl (C=O) groups is 1. The second-order valence-electron chi connectivity index (χ2n) is 4.81. The first-order valence-electron chi connectivity index (χ1n) is 6.91. The van der Waals surface area contributed by atoms with Gasteiger partial charge in [0.15, 0.2) is 6.61 Å². The van der Waals surface area contributed by atoms with Crippen molar-refractivity contribution in [2.24, 2.45) is 4.99 Å². The third-order valence-corrected chi connectivity index (χ3v) is 4.06. The van der Waals surface area contributed by atoms with Crippen molar-refractivity contribution in [3.63, 3.8) is 0 Å². The van der Waals surface area contributed by atoms with Gasteiger partial charge in [-0.05, 0) is 36.3 Å². The van der Waals surface area contributed by atoms with Crippen molar-refractivity contribution in [1.82, 2.24) is 0 Å². The molecule has 118 valence electrons. The summed E-state index contributed by atoms with van der Waals surface area (Å²) in [4.78, 5) is 16.7. The lowest BCUT2D eigenvalue weighted by atomic mass is 10.1. The molecule has 0 aliphatic heterocycles. The fraction of sp³-hybridized carbons (Fsp3) is 0.111. The maximum absolute atomic E-state index is 10.7. The van der Waals surface area contributed by atoms with Crippen molar-refractivity contribution in [2.45, 2.75) is 11.8 Å². The molecule has 5 heteroatoms. The van der Waals surface area contributed by atoms with Gasteiger partial charge in [-0.3, -0.25) is 4.99 Å². The van der Waals surface area contributed by atoms with E-state index < -0.39 is 5.97 Å². The van der Waals surface area contributed by atoms with Crippen molar-refractivity contribution in [3.05, 3.63) is 71.8 Å². The molecular formula is C18H17NO3S. The number of hydrogen-bond donors (Lipinski definition) is 1. The summed E-state index contributed by atoms with van der Waals surface area (Å²) in [6.45, 7) is 9.20. The largest absolute Gasteiger partial charge is 0.481 e. The number of carboxylic acid groups (broad SMARTS) is 1. The van der Waals surface area contributed by atoms with Crippen LogP contribution >= 0.6 is 11.8 Å². The lowest BCUT2D eigenvalue weighted by molar-refractivity contribution is -0.139. The Bertz CT molecular complexity index is 745. The smallest absolute Gasteiger partial charge is 0.341 e. The summed E-state index contributed by atoms with van der Waals surface area (Å²) in [5.41, 5.74) is 2.61. The van der Waals surface area contributed by atoms with E-state index in [4.69, 9.17) is 9.84 Å². The van der Waals surface area contributed by atoms with Gasteiger partial charge in [0.1, 0.15) is 5.75 Å². The molecule has 0 atom stereocenters. The highest BCUT2D eigenvalue weighted by atomic mass is 32.2. The molecule has 0 spiro atoms. The summed E-state index contributed by atoms with van der Waals surface area (Å²) in [5.74, 6) is -0.481. The fourth-order valence-electron chi connectivity index (χ4n) is 1.96. The van der Waals surface area contributed by atoms with Gasteiger partial charge in [0, 0.05) is 11.1 Å². The Balaban J connectivity index is 2.32. The van der Waals surface area contributed by atoms with Crippen molar-refractivity contribution < 1.29 is 14.6 Å². The van der Waals surface area contributed by atoms with Crippen LogP contribution in [0.4, 0.5) is 0 Å². The second-order valence-corrected chi connectivity index (χ2v) is 5.89. The van der Waals surface area contributed by atoms with Gasteiger partial charge in [-0.1, -0.05) is 43.1 Å². The van der Waals surface area contributed by atoms with Gasteiger partial charge in [0.2, 0.25) is 0 Å². The Morgan fingerprint density at radius 1 is 1.48 bits per heavy atom. The minimum Gasteiger partial charge on any atom is -0.481 e. The van der Waals surface area contributed by atoms with Gasteiger partial charge in [0.25, 0.3) is 0 Å². The van der Waals surface area contributed by atoms with Crippen LogP contribution in [0, 0.1) is 6.92 Å². The molecular weight excluding hydrogens is 310 g/mol. The predicted molar refractivity (Wildman–Crippen MR) is 94.2 cm³/mol. The van der Waals surface area contributed by atoms with Crippen molar-refractivity contribution in [1.29, 1.82) is 0 Å². The molecule has 0 saturated heterocycles. The van der Waals surface area contributed by atoms with Crippen molar-refractivity contribution >= 4 is 23.4 Å². The van der Waals surface area contributed by atoms with E-state index in [1.54, 1.807) is 6.07 Å². The number of nitrogens with zero attached hydrogens (tertiary/aromatic N) is 1. The molecule has 0 amide bonds. The van der Waals surface area contributed by atoms with Gasteiger partial charge in [0.05, 0.1) is 10.6 Å². The highest BCUT2D eigenvalue weighted by molar-refractivity contribution is 8.04. The molecule has 0 saturated carbocycles. The maximum Gasteiger partial charge on any atom is 0.341 e. The predicted octanol–water partition coefficient (Wildman–Crippen LogP) is 4.14. The van der Waals surface area contributed by atoms with Gasteiger partial charge in [-0.2, -0.15) is 0 Å². The second kappa shape index (κ2) is 7.65. The first-order valence-corrected chi connectivity index (χ1v) is 7.72. The molecule has 1 aliphatic carbocycles. The van der Waals surface area contributed by atoms with Crippen LogP contribution in [0.5, 0.6) is 5.75 Å². The van der Waals surface area contributed by atoms with Crippen LogP contribution in [-0.2, 0) is 4.79 Å². The molecule has 2 rings (SSSR count). The summed E-state index contributed by atoms with van der Waals surface area (Å²) in [6, 6.07) is 5.61. The van der Waals surface area contributed by atoms with Crippen LogP contribution in [0.1, 0.15) is 5.56 Å². The number of carboxylic acids is 1. The zero-order valence-electron chi connectivity index (χ0n) is 12.8. The third kappa shape index (κ3) is 4.47. The highest BCUT2D eigenvalue weighted by Crippen LogP contribution is 2.38. The monoisotopic (exact) mass is 327 g/mol. The molecule has 1 N–H and O–H groups in total. The van der Waals surface area contributed by atoms with Gasteiger partial charge in [-0.25, -0.2) is 4.79 Å². The summed E-state index contributed by atoms with van der Waals surface area (Å²) in [6.07, 6.45) is 7.20. The van der Waals surface area contributed by atoms with Gasteiger partial charge in [-0.15, -0.1) is 0 Å². The Labute approximate surface area is 139 Å². The van der Waals surface area contributed by atoms with Crippen LogP contribution in [0.25, 0.3) is 0 Å². The number of hydrogen-bond acceptors (Lipinski definition) is 4. The van der Waals surface area contributed by atoms with Crippen LogP contribution in [0.2, 0.25) is 0 Å². The van der Waals surface area contributed by atoms with E-state index in [1.165, 1.54) is 18.0 Å². The maximum atomic E-state index is 10.7. The zero-order chi connectivity index (χ0) is 16.8. The van der Waals surface area contributed by atoms with E-state index in [-0.39, 0.29) is 6.61 Å². The number of rotatable bonds is 6. The lowest BCUT2D eigenvalue weighted by Gasteiger charge is -2.16. The number of aliphatic imine (C=N–C) groups is 1. The number of benzene rings is 1. The average molecular weight is 327 g/mol. The third-order valence-electron chi connectivity index (χ3n) is 2.97. The summed E-state index contributed by atoms with van der Waals surface area (Å²) in [7, 11) is 0. The zero-order valence-corrected chi connectivity index (χ0v) is 13.6. The summed E-state index contributed by atoms with van der Waals surface area (Å²) < 4.78 is 5.37. The topological polar surface area (TPSA) is 58.9 Å². The SMILES string of the molecule is C=CN=C1C(=C)C=CC=C1Sc1cc(C)ccc1OCC(=O)O. The van der Waals surface area contributed by atoms with Crippen LogP contribution in [0.3, 0.4) is 0 Å². The van der Waals surface area contributed by atoms with Crippen molar-refractivity contribution in [2.75, 3.05) is 6.61 Å². The Morgan fingerprint density at radius 3 is 2.96 bits per heavy atom. The molecule has 0 heterocycles. The molecule has 0 fully saturated rings. The molecule has 1 aromatic carbocycles. The van der Waals surface area contributed by atoms with Crippen LogP contribution < -0.4 is 4.74 Å². The highest BCUT2D eigenvalue weighted by Gasteiger charge is 2.16. The Kier molecular flexibility index (Phi) is 5.60. The molecule has 0 bridgehead atoms. The lowest BCUT2D eigenvalue weighted by Crippen LogP contribution is -2.10. The summed E-state index contributed by atoms with van der Waals surface area (Å²) in [5, 5.41) is 8.79. The fourth-order valence-corrected chi connectivity index (χ4v) is 3.10. The van der Waals surface area contributed by atoms with Crippen LogP contribution in [0.15, 0.2) is 76.2 Å². The molecule has 0 radical (unpaired) electrons. The van der Waals surface area contributed by atoms with Gasteiger partial charge < -0.3 is 9.84 Å². The quantitative estimate of drug-likeness (QED) is 0.853. The van der Waals surface area contributed by atoms with E-state index >= 15 is 0 Å². The standard InChI is InChI=1S/C18H17NO3S/c1-4-19-18-13(3)6-5-7-15(18)23-16-10-12(2)8-9-14(16)22-11-17(20)21/h4-10H,1,3,11H2,2H3,(H,20,21). The number of aliphatic carboxylic acids is 1. The molecule has 23 heavy (non-hydrogen) atoms. The normalized spacial score (nSPS) is 15.4. The average Bonchev–Trinajstić information content (AvgIpc) is 2.50. The van der Waals surface area contributed by atoms with Crippen LogP contribution in [-0.4, -0.2) is 23.4 Å². The van der Waals surface area contributed by atoms with E-state index in [0.29, 0.717) is 5.75 Å². The Hall–Kier alpha value is -2.53. The molecule has 0 unspecified atom stereocenters. The van der Waals surface area contributed by atoms with E-state index in [2.05, 4.69) is 18.2 Å². The molecule has 4 nitrogen and oxygen atoms in total. The van der Waals surface area contributed by atoms with E-state index in [1.807, 2.05) is 37.3 Å². The molecule has 1 aliphatic rings. The minimum absolute atomic E-state index is 0.379. The summed E-state index contributed by atoms with van der Waals surface area (Å²) >= 11 is 1.46. The number of allylic oxidation sites excluding steroid dienone is 5. The number of aryl methyl sites for hydroxylation is 1. The minimum atomic E-state index is -1.01. The van der Waals surface area contributed by atoms with Crippen molar-refractivity contribution in [3.8, 4) is 5.75 Å². The first kappa shape index (κ1) is 16.8. The molecule has 0 aromatic heterocycles. The van der Waals surface area contributed by atoms with E-state index in [0.717, 1.165) is 26.6 Å². The molecule has 1 aromatic rings. The van der Waals surface area contributed by atoms with E-state index in [9.17, 15) is 4.79 Å². The van der Waals surface area contributed by atoms with Gasteiger partial charge >= 0.3 is 5.97 Å². The first-order chi connectivity index (χ1) is 11.0. The number of ether oxygens (including phenoxy) is 1. The Morgan fingerprint density at radius 2 is 2.26 bits per heavy atom. The number of thioether (sulfide) groups is 1.